The standard InChI is InChI=1S/C9H8BrFO3/c10-9-6(2-1-3-7(9)11)4-14-5-8(12)13/h1-3H,4-5H2,(H,12,13). The van der Waals surface area contributed by atoms with Crippen molar-refractivity contribution in [1.82, 2.24) is 0 Å². The van der Waals surface area contributed by atoms with Crippen LogP contribution in [0.25, 0.3) is 0 Å². The van der Waals surface area contributed by atoms with Gasteiger partial charge in [0.2, 0.25) is 0 Å². The number of carbonyl (C=O) groups is 1. The summed E-state index contributed by atoms with van der Waals surface area (Å²) >= 11 is 3.04. The first-order chi connectivity index (χ1) is 6.61. The Balaban J connectivity index is 2.59. The average molecular weight is 263 g/mol. The summed E-state index contributed by atoms with van der Waals surface area (Å²) < 4.78 is 18.1. The summed E-state index contributed by atoms with van der Waals surface area (Å²) in [5.41, 5.74) is 0.589. The van der Waals surface area contributed by atoms with Crippen LogP contribution in [-0.4, -0.2) is 17.7 Å². The Kier molecular flexibility index (Phi) is 4.03. The van der Waals surface area contributed by atoms with Gasteiger partial charge in [0.05, 0.1) is 11.1 Å². The van der Waals surface area contributed by atoms with Crippen molar-refractivity contribution < 1.29 is 19.0 Å². The number of hydrogen-bond donors (Lipinski definition) is 1. The van der Waals surface area contributed by atoms with Gasteiger partial charge in [-0.1, -0.05) is 12.1 Å². The number of ether oxygens (including phenoxy) is 1. The van der Waals surface area contributed by atoms with Crippen molar-refractivity contribution in [2.24, 2.45) is 0 Å². The third kappa shape index (κ3) is 3.08. The number of carboxylic acids is 1. The first-order valence-electron chi connectivity index (χ1n) is 3.83. The Morgan fingerprint density at radius 3 is 2.93 bits per heavy atom. The van der Waals surface area contributed by atoms with Crippen molar-refractivity contribution >= 4 is 21.9 Å². The summed E-state index contributed by atoms with van der Waals surface area (Å²) in [7, 11) is 0. The van der Waals surface area contributed by atoms with Gasteiger partial charge in [-0.2, -0.15) is 0 Å². The van der Waals surface area contributed by atoms with Gasteiger partial charge in [0, 0.05) is 0 Å². The number of hydrogen-bond acceptors (Lipinski definition) is 2. The first kappa shape index (κ1) is 11.1. The lowest BCUT2D eigenvalue weighted by molar-refractivity contribution is -0.142. The van der Waals surface area contributed by atoms with E-state index < -0.39 is 5.97 Å². The summed E-state index contributed by atoms with van der Waals surface area (Å²) in [6, 6.07) is 4.51. The van der Waals surface area contributed by atoms with E-state index in [-0.39, 0.29) is 19.0 Å². The molecule has 14 heavy (non-hydrogen) atoms. The van der Waals surface area contributed by atoms with Crippen LogP contribution in [0.3, 0.4) is 0 Å². The minimum atomic E-state index is -1.04. The summed E-state index contributed by atoms with van der Waals surface area (Å²) in [4.78, 5) is 10.1. The SMILES string of the molecule is O=C(O)COCc1cccc(F)c1Br. The van der Waals surface area contributed by atoms with Gasteiger partial charge in [-0.3, -0.25) is 0 Å². The fraction of sp³-hybridized carbons (Fsp3) is 0.222. The fourth-order valence-corrected chi connectivity index (χ4v) is 1.29. The third-order valence-electron chi connectivity index (χ3n) is 1.51. The molecule has 5 heteroatoms. The Morgan fingerprint density at radius 2 is 2.29 bits per heavy atom. The molecule has 76 valence electrons. The highest BCUT2D eigenvalue weighted by atomic mass is 79.9. The molecule has 1 N–H and O–H groups in total. The Labute approximate surface area is 88.6 Å². The molecule has 0 atom stereocenters. The summed E-state index contributed by atoms with van der Waals surface area (Å²) in [5.74, 6) is -1.43. The number of carboxylic acid groups (broad SMARTS) is 1. The predicted molar refractivity (Wildman–Crippen MR) is 51.4 cm³/mol. The van der Waals surface area contributed by atoms with Crippen molar-refractivity contribution in [3.63, 3.8) is 0 Å². The zero-order chi connectivity index (χ0) is 10.6. The van der Waals surface area contributed by atoms with Gasteiger partial charge >= 0.3 is 5.97 Å². The second-order valence-corrected chi connectivity index (χ2v) is 3.39. The molecule has 0 heterocycles. The molecule has 0 unspecified atom stereocenters. The van der Waals surface area contributed by atoms with Crippen LogP contribution in [-0.2, 0) is 16.1 Å². The molecular weight excluding hydrogens is 255 g/mol. The molecule has 0 aliphatic carbocycles. The van der Waals surface area contributed by atoms with Crippen molar-refractivity contribution in [2.75, 3.05) is 6.61 Å². The molecule has 0 saturated heterocycles. The first-order valence-corrected chi connectivity index (χ1v) is 4.63. The van der Waals surface area contributed by atoms with Gasteiger partial charge in [-0.25, -0.2) is 9.18 Å². The van der Waals surface area contributed by atoms with Gasteiger partial charge in [-0.05, 0) is 27.6 Å². The second-order valence-electron chi connectivity index (χ2n) is 2.60. The monoisotopic (exact) mass is 262 g/mol. The molecule has 3 nitrogen and oxygen atoms in total. The van der Waals surface area contributed by atoms with E-state index in [2.05, 4.69) is 15.9 Å². The van der Waals surface area contributed by atoms with Crippen LogP contribution in [0.5, 0.6) is 0 Å². The van der Waals surface area contributed by atoms with E-state index in [1.165, 1.54) is 6.07 Å². The summed E-state index contributed by atoms with van der Waals surface area (Å²) in [6.45, 7) is -0.312. The minimum Gasteiger partial charge on any atom is -0.480 e. The smallest absolute Gasteiger partial charge is 0.329 e. The van der Waals surface area contributed by atoms with Crippen LogP contribution in [0.4, 0.5) is 4.39 Å². The van der Waals surface area contributed by atoms with E-state index in [1.54, 1.807) is 12.1 Å². The molecule has 0 spiro atoms. The van der Waals surface area contributed by atoms with E-state index in [4.69, 9.17) is 9.84 Å². The molecule has 0 aromatic heterocycles. The van der Waals surface area contributed by atoms with Crippen LogP contribution < -0.4 is 0 Å². The highest BCUT2D eigenvalue weighted by Gasteiger charge is 2.05. The molecule has 0 fully saturated rings. The lowest BCUT2D eigenvalue weighted by Gasteiger charge is -2.04. The van der Waals surface area contributed by atoms with Crippen LogP contribution in [0.2, 0.25) is 0 Å². The molecule has 0 saturated carbocycles. The van der Waals surface area contributed by atoms with Gasteiger partial charge < -0.3 is 9.84 Å². The van der Waals surface area contributed by atoms with Crippen molar-refractivity contribution in [3.05, 3.63) is 34.1 Å². The zero-order valence-electron chi connectivity index (χ0n) is 7.17. The third-order valence-corrected chi connectivity index (χ3v) is 2.40. The van der Waals surface area contributed by atoms with Crippen LogP contribution >= 0.6 is 15.9 Å². The van der Waals surface area contributed by atoms with Gasteiger partial charge in [-0.15, -0.1) is 0 Å². The topological polar surface area (TPSA) is 46.5 Å². The molecule has 1 aromatic carbocycles. The number of aliphatic carboxylic acids is 1. The maximum atomic E-state index is 12.9. The highest BCUT2D eigenvalue weighted by Crippen LogP contribution is 2.20. The molecule has 0 bridgehead atoms. The Hall–Kier alpha value is -0.940. The fourth-order valence-electron chi connectivity index (χ4n) is 0.908. The molecule has 0 radical (unpaired) electrons. The van der Waals surface area contributed by atoms with E-state index in [1.807, 2.05) is 0 Å². The Bertz CT molecular complexity index is 341. The zero-order valence-corrected chi connectivity index (χ0v) is 8.75. The van der Waals surface area contributed by atoms with Crippen LogP contribution in [0.1, 0.15) is 5.56 Å². The van der Waals surface area contributed by atoms with Gasteiger partial charge in [0.1, 0.15) is 12.4 Å². The number of rotatable bonds is 4. The van der Waals surface area contributed by atoms with E-state index in [9.17, 15) is 9.18 Å². The molecule has 0 amide bonds. The van der Waals surface area contributed by atoms with Crippen LogP contribution in [0.15, 0.2) is 22.7 Å². The maximum Gasteiger partial charge on any atom is 0.329 e. The van der Waals surface area contributed by atoms with Crippen molar-refractivity contribution in [1.29, 1.82) is 0 Å². The lowest BCUT2D eigenvalue weighted by atomic mass is 10.2. The molecule has 0 aliphatic rings. The van der Waals surface area contributed by atoms with E-state index in [0.29, 0.717) is 10.0 Å². The normalized spacial score (nSPS) is 10.1. The molecule has 0 aliphatic heterocycles. The summed E-state index contributed by atoms with van der Waals surface area (Å²) in [5, 5.41) is 8.30. The molecular formula is C9H8BrFO3. The maximum absolute atomic E-state index is 12.9. The lowest BCUT2D eigenvalue weighted by Crippen LogP contribution is -2.07. The van der Waals surface area contributed by atoms with E-state index >= 15 is 0 Å². The molecule has 1 rings (SSSR count). The van der Waals surface area contributed by atoms with Crippen molar-refractivity contribution in [3.8, 4) is 0 Å². The van der Waals surface area contributed by atoms with Crippen LogP contribution in [0, 0.1) is 5.82 Å². The quantitative estimate of drug-likeness (QED) is 0.905. The number of halogens is 2. The van der Waals surface area contributed by atoms with Crippen molar-refractivity contribution in [2.45, 2.75) is 6.61 Å². The highest BCUT2D eigenvalue weighted by molar-refractivity contribution is 9.10. The summed E-state index contributed by atoms with van der Waals surface area (Å²) in [6.07, 6.45) is 0. The minimum absolute atomic E-state index is 0.0741. The Morgan fingerprint density at radius 1 is 1.57 bits per heavy atom. The van der Waals surface area contributed by atoms with Gasteiger partial charge in [0.25, 0.3) is 0 Å². The van der Waals surface area contributed by atoms with E-state index in [0.717, 1.165) is 0 Å². The van der Waals surface area contributed by atoms with Gasteiger partial charge in [0.15, 0.2) is 0 Å². The predicted octanol–water partition coefficient (Wildman–Crippen LogP) is 2.19. The molecule has 1 aromatic rings. The average Bonchev–Trinajstić information content (AvgIpc) is 2.12. The largest absolute Gasteiger partial charge is 0.480 e. The second kappa shape index (κ2) is 5.07. The number of benzene rings is 1.